The van der Waals surface area contributed by atoms with Crippen molar-refractivity contribution in [3.63, 3.8) is 0 Å². The fourth-order valence-corrected chi connectivity index (χ4v) is 4.36. The van der Waals surface area contributed by atoms with Gasteiger partial charge < -0.3 is 4.98 Å². The van der Waals surface area contributed by atoms with E-state index < -0.39 is 11.6 Å². The van der Waals surface area contributed by atoms with Crippen LogP contribution in [0.5, 0.6) is 0 Å². The molecule has 3 aromatic carbocycles. The first-order valence-electron chi connectivity index (χ1n) is 9.80. The second-order valence-electron chi connectivity index (χ2n) is 7.06. The molecule has 0 unspecified atom stereocenters. The van der Waals surface area contributed by atoms with E-state index in [-0.39, 0.29) is 17.2 Å². The van der Waals surface area contributed by atoms with Gasteiger partial charge in [0.15, 0.2) is 16.8 Å². The number of nitrogens with zero attached hydrogens (tertiary/aromatic N) is 3. The molecular weight excluding hydrogens is 430 g/mol. The van der Waals surface area contributed by atoms with E-state index in [1.807, 2.05) is 54.6 Å². The van der Waals surface area contributed by atoms with Gasteiger partial charge in [-0.2, -0.15) is 0 Å². The Morgan fingerprint density at radius 3 is 2.56 bits per heavy atom. The van der Waals surface area contributed by atoms with Crippen molar-refractivity contribution in [3.8, 4) is 17.1 Å². The minimum Gasteiger partial charge on any atom is -0.360 e. The fourth-order valence-electron chi connectivity index (χ4n) is 3.53. The zero-order chi connectivity index (χ0) is 22.1. The summed E-state index contributed by atoms with van der Waals surface area (Å²) in [5.74, 6) is -1.03. The summed E-state index contributed by atoms with van der Waals surface area (Å²) in [6.45, 7) is 0. The molecule has 8 heteroatoms. The van der Waals surface area contributed by atoms with E-state index in [9.17, 15) is 13.6 Å². The van der Waals surface area contributed by atoms with Crippen molar-refractivity contribution in [2.45, 2.75) is 5.16 Å². The number of hydrogen-bond donors (Lipinski definition) is 1. The molecular formula is C24H16F2N4OS. The van der Waals surface area contributed by atoms with E-state index in [1.54, 1.807) is 6.20 Å². The van der Waals surface area contributed by atoms with Crippen molar-refractivity contribution >= 4 is 28.4 Å². The van der Waals surface area contributed by atoms with Crippen LogP contribution in [0.4, 0.5) is 8.78 Å². The molecule has 0 aliphatic heterocycles. The number of nitrogens with one attached hydrogen (secondary N) is 1. The molecule has 158 valence electrons. The number of aromatic amines is 1. The van der Waals surface area contributed by atoms with Crippen LogP contribution in [0.1, 0.15) is 10.4 Å². The summed E-state index contributed by atoms with van der Waals surface area (Å²) in [5, 5.41) is 9.61. The van der Waals surface area contributed by atoms with Gasteiger partial charge in [-0.25, -0.2) is 8.78 Å². The Hall–Kier alpha value is -3.78. The summed E-state index contributed by atoms with van der Waals surface area (Å²) >= 11 is 1.15. The van der Waals surface area contributed by atoms with Crippen LogP contribution in [0.25, 0.3) is 28.0 Å². The smallest absolute Gasteiger partial charge is 0.196 e. The maximum atomic E-state index is 14.7. The predicted octanol–water partition coefficient (Wildman–Crippen LogP) is 5.67. The summed E-state index contributed by atoms with van der Waals surface area (Å²) in [6.07, 6.45) is 1.69. The molecule has 32 heavy (non-hydrogen) atoms. The van der Waals surface area contributed by atoms with Gasteiger partial charge in [0, 0.05) is 34.3 Å². The first-order valence-corrected chi connectivity index (χ1v) is 10.8. The van der Waals surface area contributed by atoms with Gasteiger partial charge in [0.1, 0.15) is 11.6 Å². The van der Waals surface area contributed by atoms with Gasteiger partial charge in [-0.15, -0.1) is 10.2 Å². The maximum absolute atomic E-state index is 14.7. The van der Waals surface area contributed by atoms with E-state index in [2.05, 4.69) is 15.2 Å². The van der Waals surface area contributed by atoms with E-state index >= 15 is 0 Å². The molecule has 2 heterocycles. The Bertz CT molecular complexity index is 1430. The van der Waals surface area contributed by atoms with Crippen LogP contribution in [0.2, 0.25) is 0 Å². The maximum Gasteiger partial charge on any atom is 0.196 e. The lowest BCUT2D eigenvalue weighted by Crippen LogP contribution is -2.06. The third kappa shape index (κ3) is 3.69. The monoisotopic (exact) mass is 446 g/mol. The van der Waals surface area contributed by atoms with Crippen molar-refractivity contribution in [2.75, 3.05) is 5.75 Å². The first kappa shape index (κ1) is 20.1. The molecule has 0 aliphatic rings. The molecule has 1 N–H and O–H groups in total. The Morgan fingerprint density at radius 1 is 0.969 bits per heavy atom. The van der Waals surface area contributed by atoms with E-state index in [0.29, 0.717) is 16.5 Å². The average Bonchev–Trinajstić information content (AvgIpc) is 3.43. The van der Waals surface area contributed by atoms with Gasteiger partial charge in [-0.3, -0.25) is 9.36 Å². The van der Waals surface area contributed by atoms with Crippen molar-refractivity contribution in [3.05, 3.63) is 96.2 Å². The first-order chi connectivity index (χ1) is 15.6. The highest BCUT2D eigenvalue weighted by Gasteiger charge is 2.21. The average molecular weight is 446 g/mol. The Morgan fingerprint density at radius 2 is 1.75 bits per heavy atom. The number of benzene rings is 3. The van der Waals surface area contributed by atoms with Crippen LogP contribution < -0.4 is 0 Å². The van der Waals surface area contributed by atoms with E-state index in [1.165, 1.54) is 16.7 Å². The van der Waals surface area contributed by atoms with E-state index in [4.69, 9.17) is 0 Å². The number of rotatable bonds is 6. The van der Waals surface area contributed by atoms with E-state index in [0.717, 1.165) is 34.3 Å². The zero-order valence-electron chi connectivity index (χ0n) is 16.6. The molecule has 5 aromatic rings. The summed E-state index contributed by atoms with van der Waals surface area (Å²) in [7, 11) is 0. The molecule has 0 fully saturated rings. The third-order valence-electron chi connectivity index (χ3n) is 5.04. The SMILES string of the molecule is O=C(CSc1nnc(-c2ccccc2)n1-c1ccc(F)cc1F)c1c[nH]c2ccccc12. The Balaban J connectivity index is 1.51. The number of ketones is 1. The van der Waals surface area contributed by atoms with Gasteiger partial charge in [-0.05, 0) is 18.2 Å². The second kappa shape index (κ2) is 8.39. The molecule has 0 radical (unpaired) electrons. The number of hydrogen-bond acceptors (Lipinski definition) is 4. The van der Waals surface area contributed by atoms with Crippen LogP contribution in [-0.4, -0.2) is 31.3 Å². The van der Waals surface area contributed by atoms with Crippen LogP contribution in [0.3, 0.4) is 0 Å². The number of Topliss-reactive ketones (excluding diaryl/α,β-unsaturated/α-hetero) is 1. The molecule has 0 saturated carbocycles. The lowest BCUT2D eigenvalue weighted by molar-refractivity contribution is 0.102. The summed E-state index contributed by atoms with van der Waals surface area (Å²) in [4.78, 5) is 16.0. The topological polar surface area (TPSA) is 63.6 Å². The van der Waals surface area contributed by atoms with Crippen molar-refractivity contribution in [1.82, 2.24) is 19.7 Å². The Labute approximate surface area is 186 Å². The molecule has 0 spiro atoms. The number of carbonyl (C=O) groups is 1. The second-order valence-corrected chi connectivity index (χ2v) is 8.01. The quantitative estimate of drug-likeness (QED) is 0.270. The van der Waals surface area contributed by atoms with Crippen molar-refractivity contribution < 1.29 is 13.6 Å². The summed E-state index contributed by atoms with van der Waals surface area (Å²) < 4.78 is 29.7. The van der Waals surface area contributed by atoms with Gasteiger partial charge in [0.05, 0.1) is 11.4 Å². The van der Waals surface area contributed by atoms with Crippen LogP contribution >= 0.6 is 11.8 Å². The summed E-state index contributed by atoms with van der Waals surface area (Å²) in [6, 6.07) is 20.1. The minimum atomic E-state index is -0.744. The van der Waals surface area contributed by atoms with Gasteiger partial charge >= 0.3 is 0 Å². The van der Waals surface area contributed by atoms with Gasteiger partial charge in [0.25, 0.3) is 0 Å². The third-order valence-corrected chi connectivity index (χ3v) is 5.97. The summed E-state index contributed by atoms with van der Waals surface area (Å²) in [5.41, 5.74) is 2.29. The van der Waals surface area contributed by atoms with Gasteiger partial charge in [-0.1, -0.05) is 60.3 Å². The Kier molecular flexibility index (Phi) is 5.28. The van der Waals surface area contributed by atoms with Crippen LogP contribution in [0.15, 0.2) is 84.1 Å². The number of aromatic nitrogens is 4. The number of thioether (sulfide) groups is 1. The highest BCUT2D eigenvalue weighted by molar-refractivity contribution is 7.99. The largest absolute Gasteiger partial charge is 0.360 e. The number of halogens is 2. The standard InChI is InChI=1S/C24H16F2N4OS/c25-16-10-11-21(19(26)12-16)30-23(15-6-2-1-3-7-15)28-29-24(30)32-14-22(31)18-13-27-20-9-5-4-8-17(18)20/h1-13,27H,14H2. The molecule has 0 bridgehead atoms. The molecule has 2 aromatic heterocycles. The van der Waals surface area contributed by atoms with Crippen LogP contribution in [0, 0.1) is 11.6 Å². The number of carbonyl (C=O) groups excluding carboxylic acids is 1. The lowest BCUT2D eigenvalue weighted by Gasteiger charge is -2.11. The van der Waals surface area contributed by atoms with Crippen molar-refractivity contribution in [1.29, 1.82) is 0 Å². The molecule has 0 aliphatic carbocycles. The molecule has 0 atom stereocenters. The van der Waals surface area contributed by atoms with Crippen LogP contribution in [-0.2, 0) is 0 Å². The molecule has 5 nitrogen and oxygen atoms in total. The lowest BCUT2D eigenvalue weighted by atomic mass is 10.1. The predicted molar refractivity (Wildman–Crippen MR) is 120 cm³/mol. The normalized spacial score (nSPS) is 11.2. The van der Waals surface area contributed by atoms with Gasteiger partial charge in [0.2, 0.25) is 0 Å². The number of H-pyrrole nitrogens is 1. The highest BCUT2D eigenvalue weighted by atomic mass is 32.2. The highest BCUT2D eigenvalue weighted by Crippen LogP contribution is 2.30. The molecule has 0 saturated heterocycles. The molecule has 5 rings (SSSR count). The minimum absolute atomic E-state index is 0.0809. The molecule has 0 amide bonds. The zero-order valence-corrected chi connectivity index (χ0v) is 17.4. The number of para-hydroxylation sites is 1. The van der Waals surface area contributed by atoms with Crippen molar-refractivity contribution in [2.24, 2.45) is 0 Å². The number of fused-ring (bicyclic) bond motifs is 1. The fraction of sp³-hybridized carbons (Fsp3) is 0.0417.